The second kappa shape index (κ2) is 7.88. The molecule has 1 aromatic rings. The number of hydrogen-bond donors (Lipinski definition) is 3. The van der Waals surface area contributed by atoms with Crippen molar-refractivity contribution in [3.63, 3.8) is 0 Å². The van der Waals surface area contributed by atoms with Gasteiger partial charge in [-0.15, -0.1) is 0 Å². The first-order chi connectivity index (χ1) is 9.95. The third-order valence-corrected chi connectivity index (χ3v) is 2.68. The first-order valence-electron chi connectivity index (χ1n) is 6.53. The lowest BCUT2D eigenvalue weighted by molar-refractivity contribution is -0.147. The number of carbonyl (C=O) groups excluding carboxylic acids is 3. The SMILES string of the molecule is CCOC(=O)C(C)NC(=O)C(NC(N)=O)c1ccccc1. The van der Waals surface area contributed by atoms with Crippen LogP contribution >= 0.6 is 0 Å². The maximum Gasteiger partial charge on any atom is 0.328 e. The van der Waals surface area contributed by atoms with Gasteiger partial charge in [-0.3, -0.25) is 4.79 Å². The van der Waals surface area contributed by atoms with Gasteiger partial charge in [-0.05, 0) is 19.4 Å². The Morgan fingerprint density at radius 3 is 2.33 bits per heavy atom. The van der Waals surface area contributed by atoms with Crippen molar-refractivity contribution in [2.45, 2.75) is 25.9 Å². The molecule has 7 heteroatoms. The lowest BCUT2D eigenvalue weighted by Crippen LogP contribution is -2.47. The smallest absolute Gasteiger partial charge is 0.328 e. The summed E-state index contributed by atoms with van der Waals surface area (Å²) in [6.07, 6.45) is 0. The van der Waals surface area contributed by atoms with E-state index in [-0.39, 0.29) is 6.61 Å². The second-order valence-electron chi connectivity index (χ2n) is 4.33. The highest BCUT2D eigenvalue weighted by atomic mass is 16.5. The van der Waals surface area contributed by atoms with E-state index < -0.39 is 30.0 Å². The van der Waals surface area contributed by atoms with E-state index in [1.807, 2.05) is 0 Å². The molecule has 0 saturated heterocycles. The molecule has 2 atom stereocenters. The molecule has 0 aliphatic carbocycles. The Morgan fingerprint density at radius 1 is 1.19 bits per heavy atom. The van der Waals surface area contributed by atoms with Crippen LogP contribution in [0.5, 0.6) is 0 Å². The summed E-state index contributed by atoms with van der Waals surface area (Å²) in [5, 5.41) is 4.83. The first-order valence-corrected chi connectivity index (χ1v) is 6.53. The number of hydrogen-bond acceptors (Lipinski definition) is 4. The van der Waals surface area contributed by atoms with Gasteiger partial charge in [0.2, 0.25) is 5.91 Å². The zero-order chi connectivity index (χ0) is 15.8. The largest absolute Gasteiger partial charge is 0.464 e. The van der Waals surface area contributed by atoms with Gasteiger partial charge in [-0.1, -0.05) is 30.3 Å². The predicted molar refractivity (Wildman–Crippen MR) is 76.1 cm³/mol. The van der Waals surface area contributed by atoms with Crippen LogP contribution in [0.3, 0.4) is 0 Å². The maximum atomic E-state index is 12.2. The summed E-state index contributed by atoms with van der Waals surface area (Å²) in [7, 11) is 0. The number of carbonyl (C=O) groups is 3. The van der Waals surface area contributed by atoms with Gasteiger partial charge in [0.1, 0.15) is 12.1 Å². The molecule has 0 saturated carbocycles. The quantitative estimate of drug-likeness (QED) is 0.662. The Kier molecular flexibility index (Phi) is 6.19. The molecule has 21 heavy (non-hydrogen) atoms. The number of rotatable bonds is 6. The van der Waals surface area contributed by atoms with Crippen molar-refractivity contribution in [2.75, 3.05) is 6.61 Å². The van der Waals surface area contributed by atoms with E-state index in [1.54, 1.807) is 37.3 Å². The first kappa shape index (κ1) is 16.5. The number of amides is 3. The van der Waals surface area contributed by atoms with Crippen LogP contribution in [-0.2, 0) is 14.3 Å². The number of nitrogens with two attached hydrogens (primary N) is 1. The third kappa shape index (κ3) is 5.13. The molecular formula is C14H19N3O4. The van der Waals surface area contributed by atoms with Gasteiger partial charge in [0, 0.05) is 0 Å². The van der Waals surface area contributed by atoms with Crippen LogP contribution in [0.2, 0.25) is 0 Å². The molecule has 0 radical (unpaired) electrons. The molecular weight excluding hydrogens is 274 g/mol. The number of primary amides is 1. The molecule has 0 heterocycles. The molecule has 114 valence electrons. The molecule has 2 unspecified atom stereocenters. The number of benzene rings is 1. The lowest BCUT2D eigenvalue weighted by Gasteiger charge is -2.20. The monoisotopic (exact) mass is 293 g/mol. The average Bonchev–Trinajstić information content (AvgIpc) is 2.45. The van der Waals surface area contributed by atoms with E-state index in [2.05, 4.69) is 10.6 Å². The Labute approximate surface area is 122 Å². The minimum absolute atomic E-state index is 0.223. The summed E-state index contributed by atoms with van der Waals surface area (Å²) in [6, 6.07) is 5.97. The van der Waals surface area contributed by atoms with Crippen molar-refractivity contribution in [3.05, 3.63) is 35.9 Å². The van der Waals surface area contributed by atoms with E-state index in [4.69, 9.17) is 10.5 Å². The van der Waals surface area contributed by atoms with Crippen LogP contribution in [0.1, 0.15) is 25.5 Å². The third-order valence-electron chi connectivity index (χ3n) is 2.68. The molecule has 1 aromatic carbocycles. The summed E-state index contributed by atoms with van der Waals surface area (Å²) in [4.78, 5) is 34.8. The minimum Gasteiger partial charge on any atom is -0.464 e. The van der Waals surface area contributed by atoms with E-state index in [1.165, 1.54) is 6.92 Å². The summed E-state index contributed by atoms with van der Waals surface area (Å²) >= 11 is 0. The van der Waals surface area contributed by atoms with Gasteiger partial charge in [0.05, 0.1) is 6.61 Å². The molecule has 4 N–H and O–H groups in total. The molecule has 0 bridgehead atoms. The van der Waals surface area contributed by atoms with Crippen molar-refractivity contribution in [1.29, 1.82) is 0 Å². The van der Waals surface area contributed by atoms with E-state index in [0.29, 0.717) is 5.56 Å². The van der Waals surface area contributed by atoms with Crippen molar-refractivity contribution in [2.24, 2.45) is 5.73 Å². The Balaban J connectivity index is 2.82. The number of urea groups is 1. The zero-order valence-electron chi connectivity index (χ0n) is 12.0. The van der Waals surface area contributed by atoms with Gasteiger partial charge >= 0.3 is 12.0 Å². The number of esters is 1. The van der Waals surface area contributed by atoms with Crippen LogP contribution in [0.15, 0.2) is 30.3 Å². The van der Waals surface area contributed by atoms with Crippen molar-refractivity contribution in [1.82, 2.24) is 10.6 Å². The Hall–Kier alpha value is -2.57. The van der Waals surface area contributed by atoms with Crippen molar-refractivity contribution in [3.8, 4) is 0 Å². The van der Waals surface area contributed by atoms with Crippen LogP contribution < -0.4 is 16.4 Å². The Morgan fingerprint density at radius 2 is 1.81 bits per heavy atom. The number of nitrogens with one attached hydrogen (secondary N) is 2. The summed E-state index contributed by atoms with van der Waals surface area (Å²) in [5.74, 6) is -1.09. The molecule has 0 aromatic heterocycles. The molecule has 1 rings (SSSR count). The second-order valence-corrected chi connectivity index (χ2v) is 4.33. The molecule has 3 amide bonds. The lowest BCUT2D eigenvalue weighted by atomic mass is 10.1. The van der Waals surface area contributed by atoms with E-state index >= 15 is 0 Å². The highest BCUT2D eigenvalue weighted by Gasteiger charge is 2.25. The van der Waals surface area contributed by atoms with Crippen LogP contribution in [-0.4, -0.2) is 30.6 Å². The normalized spacial score (nSPS) is 12.9. The van der Waals surface area contributed by atoms with Gasteiger partial charge in [0.15, 0.2) is 0 Å². The van der Waals surface area contributed by atoms with E-state index in [9.17, 15) is 14.4 Å². The maximum absolute atomic E-state index is 12.2. The van der Waals surface area contributed by atoms with Gasteiger partial charge in [0.25, 0.3) is 0 Å². The van der Waals surface area contributed by atoms with E-state index in [0.717, 1.165) is 0 Å². The van der Waals surface area contributed by atoms with Crippen LogP contribution in [0, 0.1) is 0 Å². The van der Waals surface area contributed by atoms with Gasteiger partial charge in [-0.25, -0.2) is 9.59 Å². The van der Waals surface area contributed by atoms with Crippen molar-refractivity contribution < 1.29 is 19.1 Å². The van der Waals surface area contributed by atoms with Crippen LogP contribution in [0.4, 0.5) is 4.79 Å². The fourth-order valence-electron chi connectivity index (χ4n) is 1.71. The molecule has 7 nitrogen and oxygen atoms in total. The Bertz CT molecular complexity index is 504. The molecule has 0 fully saturated rings. The number of ether oxygens (including phenoxy) is 1. The highest BCUT2D eigenvalue weighted by molar-refractivity contribution is 5.90. The van der Waals surface area contributed by atoms with Crippen molar-refractivity contribution >= 4 is 17.9 Å². The summed E-state index contributed by atoms with van der Waals surface area (Å²) in [6.45, 7) is 3.40. The topological polar surface area (TPSA) is 111 Å². The predicted octanol–water partition coefficient (Wildman–Crippen LogP) is 0.464. The highest BCUT2D eigenvalue weighted by Crippen LogP contribution is 2.12. The van der Waals surface area contributed by atoms with Gasteiger partial charge in [-0.2, -0.15) is 0 Å². The fourth-order valence-corrected chi connectivity index (χ4v) is 1.71. The molecule has 0 aliphatic rings. The standard InChI is InChI=1S/C14H19N3O4/c1-3-21-13(19)9(2)16-12(18)11(17-14(15)20)10-7-5-4-6-8-10/h4-9,11H,3H2,1-2H3,(H,16,18)(H3,15,17,20). The van der Waals surface area contributed by atoms with Gasteiger partial charge < -0.3 is 21.1 Å². The summed E-state index contributed by atoms with van der Waals surface area (Å²) in [5.41, 5.74) is 5.65. The fraction of sp³-hybridized carbons (Fsp3) is 0.357. The minimum atomic E-state index is -0.972. The molecule has 0 spiro atoms. The average molecular weight is 293 g/mol. The van der Waals surface area contributed by atoms with Crippen LogP contribution in [0.25, 0.3) is 0 Å². The molecule has 0 aliphatic heterocycles. The zero-order valence-corrected chi connectivity index (χ0v) is 12.0. The summed E-state index contributed by atoms with van der Waals surface area (Å²) < 4.78 is 4.81.